The van der Waals surface area contributed by atoms with Crippen LogP contribution < -0.4 is 0 Å². The molecule has 0 spiro atoms. The molecule has 27 heavy (non-hydrogen) atoms. The molecule has 0 bridgehead atoms. The van der Waals surface area contributed by atoms with Crippen molar-refractivity contribution in [3.8, 4) is 0 Å². The molecule has 8 heteroatoms. The summed E-state index contributed by atoms with van der Waals surface area (Å²) in [6.45, 7) is 0.350. The number of rotatable bonds is 6. The van der Waals surface area contributed by atoms with Gasteiger partial charge in [-0.3, -0.25) is 9.59 Å². The van der Waals surface area contributed by atoms with E-state index in [1.54, 1.807) is 13.0 Å². The number of benzene rings is 1. The number of Topliss-reactive ketones (excluding diaryl/α,β-unsaturated/α-hetero) is 1. The van der Waals surface area contributed by atoms with E-state index in [1.165, 1.54) is 24.3 Å². The summed E-state index contributed by atoms with van der Waals surface area (Å²) in [5.41, 5.74) is -0.417. The monoisotopic (exact) mass is 375 g/mol. The first-order chi connectivity index (χ1) is 12.9. The summed E-state index contributed by atoms with van der Waals surface area (Å²) < 4.78 is 19.8. The van der Waals surface area contributed by atoms with E-state index in [0.717, 1.165) is 11.0 Å². The summed E-state index contributed by atoms with van der Waals surface area (Å²) >= 11 is 0. The second-order valence-corrected chi connectivity index (χ2v) is 6.16. The van der Waals surface area contributed by atoms with E-state index in [1.807, 2.05) is 0 Å². The van der Waals surface area contributed by atoms with Crippen LogP contribution in [0.1, 0.15) is 27.9 Å². The second kappa shape index (κ2) is 7.34. The van der Waals surface area contributed by atoms with Gasteiger partial charge in [-0.05, 0) is 25.1 Å². The van der Waals surface area contributed by atoms with Crippen molar-refractivity contribution >= 4 is 11.7 Å². The van der Waals surface area contributed by atoms with E-state index in [0.29, 0.717) is 5.76 Å². The summed E-state index contributed by atoms with van der Waals surface area (Å²) in [5, 5.41) is 29.4. The van der Waals surface area contributed by atoms with Gasteiger partial charge in [0.2, 0.25) is 5.78 Å². The Morgan fingerprint density at radius 1 is 1.22 bits per heavy atom. The lowest BCUT2D eigenvalue weighted by Gasteiger charge is -2.32. The molecule has 3 rings (SSSR count). The van der Waals surface area contributed by atoms with Crippen LogP contribution in [-0.2, 0) is 4.79 Å². The maximum absolute atomic E-state index is 14.5. The van der Waals surface area contributed by atoms with Crippen LogP contribution >= 0.6 is 0 Å². The van der Waals surface area contributed by atoms with Gasteiger partial charge in [0.25, 0.3) is 5.91 Å². The van der Waals surface area contributed by atoms with Crippen molar-refractivity contribution in [2.45, 2.75) is 19.0 Å². The van der Waals surface area contributed by atoms with Crippen molar-refractivity contribution < 1.29 is 33.7 Å². The van der Waals surface area contributed by atoms with Gasteiger partial charge in [-0.25, -0.2) is 4.39 Å². The zero-order valence-corrected chi connectivity index (χ0v) is 14.4. The number of amides is 1. The Hall–Kier alpha value is -2.97. The predicted molar refractivity (Wildman–Crippen MR) is 91.4 cm³/mol. The fraction of sp³-hybridized carbons (Fsp3) is 0.263. The molecule has 2 aromatic rings. The molecule has 7 nitrogen and oxygen atoms in total. The number of furan rings is 1. The minimum Gasteiger partial charge on any atom is -0.503 e. The summed E-state index contributed by atoms with van der Waals surface area (Å²) in [5.74, 6) is -3.00. The molecule has 0 saturated heterocycles. The molecule has 1 aliphatic heterocycles. The third-order valence-electron chi connectivity index (χ3n) is 4.47. The molecule has 0 aliphatic carbocycles. The maximum Gasteiger partial charge on any atom is 0.290 e. The van der Waals surface area contributed by atoms with Crippen molar-refractivity contribution in [2.24, 2.45) is 0 Å². The SMILES string of the molecule is Cc1ccc(C(=O)C2=C(O)C(=O)N(C(CO)CO)C2c2ccccc2F)o1. The number of carbonyl (C=O) groups is 2. The first-order valence-corrected chi connectivity index (χ1v) is 8.23. The van der Waals surface area contributed by atoms with Crippen molar-refractivity contribution in [2.75, 3.05) is 13.2 Å². The van der Waals surface area contributed by atoms with E-state index in [4.69, 9.17) is 4.42 Å². The van der Waals surface area contributed by atoms with Crippen molar-refractivity contribution in [1.29, 1.82) is 0 Å². The second-order valence-electron chi connectivity index (χ2n) is 6.16. The van der Waals surface area contributed by atoms with Crippen LogP contribution in [0.15, 0.2) is 52.1 Å². The molecular weight excluding hydrogens is 357 g/mol. The van der Waals surface area contributed by atoms with Gasteiger partial charge in [-0.2, -0.15) is 0 Å². The van der Waals surface area contributed by atoms with Crippen LogP contribution in [-0.4, -0.2) is 51.2 Å². The van der Waals surface area contributed by atoms with Crippen molar-refractivity contribution in [3.63, 3.8) is 0 Å². The molecule has 1 unspecified atom stereocenters. The van der Waals surface area contributed by atoms with Gasteiger partial charge >= 0.3 is 0 Å². The smallest absolute Gasteiger partial charge is 0.290 e. The van der Waals surface area contributed by atoms with Crippen LogP contribution in [0.25, 0.3) is 0 Å². The molecular formula is C19H18FNO6. The first kappa shape index (κ1) is 18.8. The van der Waals surface area contributed by atoms with Gasteiger partial charge in [0.15, 0.2) is 11.5 Å². The number of aliphatic hydroxyl groups is 3. The van der Waals surface area contributed by atoms with E-state index < -0.39 is 48.6 Å². The molecule has 0 saturated carbocycles. The minimum atomic E-state index is -1.32. The molecule has 3 N–H and O–H groups in total. The lowest BCUT2D eigenvalue weighted by Crippen LogP contribution is -2.44. The summed E-state index contributed by atoms with van der Waals surface area (Å²) in [7, 11) is 0. The van der Waals surface area contributed by atoms with Gasteiger partial charge in [-0.1, -0.05) is 18.2 Å². The highest BCUT2D eigenvalue weighted by Gasteiger charge is 2.47. The number of aryl methyl sites for hydroxylation is 1. The topological polar surface area (TPSA) is 111 Å². The van der Waals surface area contributed by atoms with E-state index in [9.17, 15) is 29.3 Å². The van der Waals surface area contributed by atoms with Gasteiger partial charge in [0.1, 0.15) is 11.6 Å². The molecule has 1 amide bonds. The largest absolute Gasteiger partial charge is 0.503 e. The van der Waals surface area contributed by atoms with Crippen LogP contribution in [0.4, 0.5) is 4.39 Å². The normalized spacial score (nSPS) is 17.3. The average molecular weight is 375 g/mol. The predicted octanol–water partition coefficient (Wildman–Crippen LogP) is 1.66. The Morgan fingerprint density at radius 3 is 2.44 bits per heavy atom. The molecule has 1 aliphatic rings. The Balaban J connectivity index is 2.18. The Bertz CT molecular complexity index is 914. The molecule has 0 fully saturated rings. The maximum atomic E-state index is 14.5. The number of carbonyl (C=O) groups excluding carboxylic acids is 2. The Kier molecular flexibility index (Phi) is 5.11. The molecule has 1 aromatic heterocycles. The fourth-order valence-corrected chi connectivity index (χ4v) is 3.16. The highest BCUT2D eigenvalue weighted by atomic mass is 19.1. The zero-order chi connectivity index (χ0) is 19.7. The highest BCUT2D eigenvalue weighted by Crippen LogP contribution is 2.41. The Labute approximate surface area is 154 Å². The Morgan fingerprint density at radius 2 is 1.89 bits per heavy atom. The average Bonchev–Trinajstić information content (AvgIpc) is 3.20. The van der Waals surface area contributed by atoms with Crippen LogP contribution in [0.3, 0.4) is 0 Å². The van der Waals surface area contributed by atoms with Crippen LogP contribution in [0, 0.1) is 12.7 Å². The zero-order valence-electron chi connectivity index (χ0n) is 14.4. The van der Waals surface area contributed by atoms with Crippen molar-refractivity contribution in [3.05, 3.63) is 70.6 Å². The van der Waals surface area contributed by atoms with Gasteiger partial charge < -0.3 is 24.6 Å². The van der Waals surface area contributed by atoms with Gasteiger partial charge in [-0.15, -0.1) is 0 Å². The molecule has 2 heterocycles. The molecule has 1 atom stereocenters. The summed E-state index contributed by atoms with van der Waals surface area (Å²) in [4.78, 5) is 26.4. The van der Waals surface area contributed by atoms with E-state index in [2.05, 4.69) is 0 Å². The molecule has 0 radical (unpaired) electrons. The van der Waals surface area contributed by atoms with Gasteiger partial charge in [0.05, 0.1) is 30.9 Å². The quantitative estimate of drug-likeness (QED) is 0.662. The van der Waals surface area contributed by atoms with Gasteiger partial charge in [0, 0.05) is 5.56 Å². The fourth-order valence-electron chi connectivity index (χ4n) is 3.16. The van der Waals surface area contributed by atoms with Crippen LogP contribution in [0.2, 0.25) is 0 Å². The number of aliphatic hydroxyl groups excluding tert-OH is 3. The van der Waals surface area contributed by atoms with Crippen molar-refractivity contribution in [1.82, 2.24) is 4.90 Å². The third kappa shape index (κ3) is 3.13. The molecule has 1 aromatic carbocycles. The van der Waals surface area contributed by atoms with E-state index in [-0.39, 0.29) is 16.9 Å². The standard InChI is InChI=1S/C19H18FNO6/c1-10-6-7-14(27-10)17(24)15-16(12-4-2-3-5-13(12)20)21(11(8-22)9-23)19(26)18(15)25/h2-7,11,16,22-23,25H,8-9H2,1H3. The third-order valence-corrected chi connectivity index (χ3v) is 4.47. The molecule has 142 valence electrons. The number of hydrogen-bond acceptors (Lipinski definition) is 6. The number of halogens is 1. The number of ketones is 1. The number of hydrogen-bond donors (Lipinski definition) is 3. The summed E-state index contributed by atoms with van der Waals surface area (Å²) in [6, 6.07) is 5.96. The lowest BCUT2D eigenvalue weighted by molar-refractivity contribution is -0.133. The summed E-state index contributed by atoms with van der Waals surface area (Å²) in [6.07, 6.45) is 0. The lowest BCUT2D eigenvalue weighted by atomic mass is 9.94. The number of nitrogens with zero attached hydrogens (tertiary/aromatic N) is 1. The highest BCUT2D eigenvalue weighted by molar-refractivity contribution is 6.15. The van der Waals surface area contributed by atoms with Crippen LogP contribution in [0.5, 0.6) is 0 Å². The van der Waals surface area contributed by atoms with E-state index >= 15 is 0 Å². The first-order valence-electron chi connectivity index (χ1n) is 8.23. The minimum absolute atomic E-state index is 0.0478.